The molecule has 1 aromatic heterocycles. The zero-order valence-corrected chi connectivity index (χ0v) is 13.1. The van der Waals surface area contributed by atoms with Crippen molar-refractivity contribution in [3.8, 4) is 5.69 Å². The number of aryl methyl sites for hydroxylation is 2. The highest BCUT2D eigenvalue weighted by Crippen LogP contribution is 2.32. The van der Waals surface area contributed by atoms with E-state index in [-0.39, 0.29) is 0 Å². The molecule has 0 bridgehead atoms. The van der Waals surface area contributed by atoms with Crippen molar-refractivity contribution in [3.05, 3.63) is 71.0 Å². The van der Waals surface area contributed by atoms with Crippen LogP contribution in [0.3, 0.4) is 0 Å². The molecule has 4 nitrogen and oxygen atoms in total. The molecule has 0 spiro atoms. The highest BCUT2D eigenvalue weighted by molar-refractivity contribution is 6.32. The van der Waals surface area contributed by atoms with Crippen molar-refractivity contribution in [1.82, 2.24) is 9.78 Å². The van der Waals surface area contributed by atoms with Gasteiger partial charge in [0.25, 0.3) is 0 Å². The average molecular weight is 311 g/mol. The second-order valence-electron chi connectivity index (χ2n) is 5.01. The summed E-state index contributed by atoms with van der Waals surface area (Å²) in [6.07, 6.45) is 0. The molecular formula is C17H15ClN4. The third kappa shape index (κ3) is 2.92. The number of nitrogens with zero attached hydrogens (tertiary/aromatic N) is 4. The highest BCUT2D eigenvalue weighted by atomic mass is 35.5. The monoisotopic (exact) mass is 310 g/mol. The van der Waals surface area contributed by atoms with E-state index in [1.165, 1.54) is 5.56 Å². The van der Waals surface area contributed by atoms with Crippen molar-refractivity contribution in [1.29, 1.82) is 0 Å². The lowest BCUT2D eigenvalue weighted by Gasteiger charge is -2.01. The lowest BCUT2D eigenvalue weighted by atomic mass is 10.2. The second-order valence-corrected chi connectivity index (χ2v) is 5.37. The van der Waals surface area contributed by atoms with Gasteiger partial charge in [0.1, 0.15) is 5.69 Å². The molecular weight excluding hydrogens is 296 g/mol. The van der Waals surface area contributed by atoms with Gasteiger partial charge in [-0.2, -0.15) is 10.2 Å². The first kappa shape index (κ1) is 14.5. The summed E-state index contributed by atoms with van der Waals surface area (Å²) in [5.41, 5.74) is 4.20. The molecule has 110 valence electrons. The minimum Gasteiger partial charge on any atom is -0.220 e. The number of benzene rings is 2. The third-order valence-electron chi connectivity index (χ3n) is 3.27. The molecule has 0 fully saturated rings. The third-order valence-corrected chi connectivity index (χ3v) is 3.61. The van der Waals surface area contributed by atoms with Gasteiger partial charge in [-0.3, -0.25) is 0 Å². The van der Waals surface area contributed by atoms with Crippen LogP contribution >= 0.6 is 11.6 Å². The number of hydrogen-bond donors (Lipinski definition) is 0. The van der Waals surface area contributed by atoms with Crippen LogP contribution in [0.25, 0.3) is 5.69 Å². The van der Waals surface area contributed by atoms with Crippen LogP contribution in [-0.2, 0) is 0 Å². The fraction of sp³-hybridized carbons (Fsp3) is 0.118. The Hall–Kier alpha value is -2.46. The molecule has 2 aromatic carbocycles. The minimum atomic E-state index is 0.458. The topological polar surface area (TPSA) is 42.5 Å². The predicted molar refractivity (Wildman–Crippen MR) is 88.7 cm³/mol. The maximum absolute atomic E-state index is 6.40. The molecule has 0 unspecified atom stereocenters. The number of azo groups is 1. The van der Waals surface area contributed by atoms with E-state index in [2.05, 4.69) is 15.3 Å². The van der Waals surface area contributed by atoms with Gasteiger partial charge in [-0.15, -0.1) is 5.11 Å². The van der Waals surface area contributed by atoms with E-state index in [1.54, 1.807) is 4.68 Å². The largest absolute Gasteiger partial charge is 0.220 e. The summed E-state index contributed by atoms with van der Waals surface area (Å²) >= 11 is 6.40. The summed E-state index contributed by atoms with van der Waals surface area (Å²) in [6, 6.07) is 17.6. The summed E-state index contributed by atoms with van der Waals surface area (Å²) in [6.45, 7) is 3.90. The Morgan fingerprint density at radius 2 is 1.59 bits per heavy atom. The first-order valence-electron chi connectivity index (χ1n) is 6.94. The van der Waals surface area contributed by atoms with Gasteiger partial charge in [-0.25, -0.2) is 4.68 Å². The predicted octanol–water partition coefficient (Wildman–Crippen LogP) is 5.56. The van der Waals surface area contributed by atoms with Crippen molar-refractivity contribution in [3.63, 3.8) is 0 Å². The molecule has 1 heterocycles. The molecule has 0 saturated heterocycles. The zero-order valence-electron chi connectivity index (χ0n) is 12.4. The molecule has 3 aromatic rings. The summed E-state index contributed by atoms with van der Waals surface area (Å²) in [5, 5.41) is 13.4. The van der Waals surface area contributed by atoms with Crippen LogP contribution in [-0.4, -0.2) is 9.78 Å². The van der Waals surface area contributed by atoms with E-state index in [0.29, 0.717) is 10.8 Å². The molecule has 0 aliphatic carbocycles. The molecule has 0 radical (unpaired) electrons. The van der Waals surface area contributed by atoms with Crippen LogP contribution in [0, 0.1) is 13.8 Å². The number of hydrogen-bond acceptors (Lipinski definition) is 3. The first-order valence-corrected chi connectivity index (χ1v) is 7.32. The molecule has 0 saturated carbocycles. The molecule has 0 aliphatic rings. The van der Waals surface area contributed by atoms with Gasteiger partial charge in [0, 0.05) is 0 Å². The van der Waals surface area contributed by atoms with E-state index in [9.17, 15) is 0 Å². The first-order chi connectivity index (χ1) is 10.6. The van der Waals surface area contributed by atoms with Crippen LogP contribution in [0.5, 0.6) is 0 Å². The molecule has 22 heavy (non-hydrogen) atoms. The molecule has 0 atom stereocenters. The van der Waals surface area contributed by atoms with Crippen molar-refractivity contribution < 1.29 is 0 Å². The molecule has 5 heteroatoms. The van der Waals surface area contributed by atoms with Gasteiger partial charge in [-0.05, 0) is 38.1 Å². The summed E-state index contributed by atoms with van der Waals surface area (Å²) in [4.78, 5) is 0. The van der Waals surface area contributed by atoms with Crippen LogP contribution < -0.4 is 0 Å². The van der Waals surface area contributed by atoms with E-state index >= 15 is 0 Å². The Kier molecular flexibility index (Phi) is 4.02. The van der Waals surface area contributed by atoms with Gasteiger partial charge >= 0.3 is 0 Å². The Morgan fingerprint density at radius 3 is 2.27 bits per heavy atom. The SMILES string of the molecule is Cc1ccc(N=Nc2c(C)nn(-c3ccccc3)c2Cl)cc1. The van der Waals surface area contributed by atoms with Crippen LogP contribution in [0.15, 0.2) is 64.8 Å². The summed E-state index contributed by atoms with van der Waals surface area (Å²) < 4.78 is 1.67. The number of halogens is 1. The Labute approximate surface area is 134 Å². The van der Waals surface area contributed by atoms with Gasteiger partial charge in [0.15, 0.2) is 5.15 Å². The van der Waals surface area contributed by atoms with Crippen LogP contribution in [0.2, 0.25) is 5.15 Å². The Bertz CT molecular complexity index is 805. The summed E-state index contributed by atoms with van der Waals surface area (Å²) in [5.74, 6) is 0. The number of aromatic nitrogens is 2. The smallest absolute Gasteiger partial charge is 0.160 e. The van der Waals surface area contributed by atoms with Gasteiger partial charge < -0.3 is 0 Å². The number of para-hydroxylation sites is 1. The standard InChI is InChI=1S/C17H15ClN4/c1-12-8-10-14(11-9-12)19-20-16-13(2)21-22(17(16)18)15-6-4-3-5-7-15/h3-11H,1-2H3. The maximum Gasteiger partial charge on any atom is 0.160 e. The lowest BCUT2D eigenvalue weighted by Crippen LogP contribution is -1.95. The van der Waals surface area contributed by atoms with E-state index < -0.39 is 0 Å². The molecule has 0 aliphatic heterocycles. The van der Waals surface area contributed by atoms with E-state index in [1.807, 2.05) is 68.4 Å². The quantitative estimate of drug-likeness (QED) is 0.584. The average Bonchev–Trinajstić information content (AvgIpc) is 2.82. The molecule has 3 rings (SSSR count). The minimum absolute atomic E-state index is 0.458. The van der Waals surface area contributed by atoms with Crippen molar-refractivity contribution in [2.24, 2.45) is 10.2 Å². The van der Waals surface area contributed by atoms with Crippen LogP contribution in [0.1, 0.15) is 11.3 Å². The number of rotatable bonds is 3. The van der Waals surface area contributed by atoms with Gasteiger partial charge in [0.05, 0.1) is 17.1 Å². The van der Waals surface area contributed by atoms with Crippen LogP contribution in [0.4, 0.5) is 11.4 Å². The second kappa shape index (κ2) is 6.12. The highest BCUT2D eigenvalue weighted by Gasteiger charge is 2.14. The molecule has 0 amide bonds. The van der Waals surface area contributed by atoms with E-state index in [0.717, 1.165) is 17.1 Å². The van der Waals surface area contributed by atoms with E-state index in [4.69, 9.17) is 11.6 Å². The fourth-order valence-electron chi connectivity index (χ4n) is 2.06. The van der Waals surface area contributed by atoms with Gasteiger partial charge in [-0.1, -0.05) is 47.5 Å². The van der Waals surface area contributed by atoms with Gasteiger partial charge in [0.2, 0.25) is 0 Å². The van der Waals surface area contributed by atoms with Crippen molar-refractivity contribution >= 4 is 23.0 Å². The molecule has 0 N–H and O–H groups in total. The Balaban J connectivity index is 1.95. The van der Waals surface area contributed by atoms with Crippen molar-refractivity contribution in [2.45, 2.75) is 13.8 Å². The maximum atomic E-state index is 6.40. The normalized spacial score (nSPS) is 11.2. The zero-order chi connectivity index (χ0) is 15.5. The fourth-order valence-corrected chi connectivity index (χ4v) is 2.37. The van der Waals surface area contributed by atoms with Crippen molar-refractivity contribution in [2.75, 3.05) is 0 Å². The Morgan fingerprint density at radius 1 is 0.909 bits per heavy atom. The lowest BCUT2D eigenvalue weighted by molar-refractivity contribution is 0.863. The summed E-state index contributed by atoms with van der Waals surface area (Å²) in [7, 11) is 0.